The normalized spacial score (nSPS) is 12.3. The van der Waals surface area contributed by atoms with Gasteiger partial charge in [0.2, 0.25) is 0 Å². The summed E-state index contributed by atoms with van der Waals surface area (Å²) in [6, 6.07) is 0. The van der Waals surface area contributed by atoms with E-state index in [4.69, 9.17) is 9.84 Å². The highest BCUT2D eigenvalue weighted by Crippen LogP contribution is 2.06. The highest BCUT2D eigenvalue weighted by molar-refractivity contribution is 5.86. The Kier molecular flexibility index (Phi) is 8.78. The van der Waals surface area contributed by atoms with Crippen molar-refractivity contribution in [1.29, 1.82) is 0 Å². The van der Waals surface area contributed by atoms with E-state index in [1.54, 1.807) is 6.92 Å². The van der Waals surface area contributed by atoms with Crippen LogP contribution in [0.2, 0.25) is 0 Å². The molecule has 0 radical (unpaired) electrons. The van der Waals surface area contributed by atoms with E-state index in [9.17, 15) is 4.79 Å². The van der Waals surface area contributed by atoms with Gasteiger partial charge in [-0.1, -0.05) is 6.58 Å². The van der Waals surface area contributed by atoms with Crippen molar-refractivity contribution in [2.75, 3.05) is 67.6 Å². The number of carbonyl (C=O) groups is 1. The minimum Gasteiger partial charge on any atom is -0.456 e. The van der Waals surface area contributed by atoms with E-state index in [-0.39, 0.29) is 12.6 Å². The Hall–Kier alpha value is -0.910. The van der Waals surface area contributed by atoms with Crippen LogP contribution in [0.3, 0.4) is 0 Å². The molecule has 0 aromatic heterocycles. The van der Waals surface area contributed by atoms with E-state index in [0.29, 0.717) is 12.2 Å². The first kappa shape index (κ1) is 20.1. The van der Waals surface area contributed by atoms with Gasteiger partial charge in [-0.15, -0.1) is 0 Å². The SMILES string of the molecule is C=C(C)C(=O)OCC[N+](C)(C)CCCC[N+](C)(C)CCO. The Labute approximate surface area is 130 Å². The molecular weight excluding hydrogens is 268 g/mol. The summed E-state index contributed by atoms with van der Waals surface area (Å²) in [6.45, 7) is 9.65. The Morgan fingerprint density at radius 3 is 1.90 bits per heavy atom. The van der Waals surface area contributed by atoms with Gasteiger partial charge >= 0.3 is 5.97 Å². The number of aliphatic hydroxyl groups excluding tert-OH is 1. The summed E-state index contributed by atoms with van der Waals surface area (Å²) in [6.07, 6.45) is 2.27. The Morgan fingerprint density at radius 1 is 1.00 bits per heavy atom. The predicted octanol–water partition coefficient (Wildman–Crippen LogP) is 1.03. The molecule has 5 nitrogen and oxygen atoms in total. The van der Waals surface area contributed by atoms with E-state index in [0.717, 1.165) is 48.0 Å². The molecular formula is C16H34N2O3+2. The molecule has 0 rings (SSSR count). The fourth-order valence-electron chi connectivity index (χ4n) is 2.08. The average Bonchev–Trinajstić information content (AvgIpc) is 2.34. The second-order valence-electron chi connectivity index (χ2n) is 7.11. The van der Waals surface area contributed by atoms with E-state index < -0.39 is 0 Å². The molecule has 0 atom stereocenters. The molecule has 0 bridgehead atoms. The van der Waals surface area contributed by atoms with Crippen LogP contribution in [0, 0.1) is 0 Å². The number of hydrogen-bond donors (Lipinski definition) is 1. The van der Waals surface area contributed by atoms with Crippen LogP contribution in [0.15, 0.2) is 12.2 Å². The van der Waals surface area contributed by atoms with Gasteiger partial charge in [0.1, 0.15) is 19.7 Å². The maximum Gasteiger partial charge on any atom is 0.333 e. The first-order valence-electron chi connectivity index (χ1n) is 7.67. The third-order valence-corrected chi connectivity index (χ3v) is 3.76. The molecule has 0 saturated heterocycles. The van der Waals surface area contributed by atoms with Crippen molar-refractivity contribution < 1.29 is 23.6 Å². The van der Waals surface area contributed by atoms with Gasteiger partial charge in [0.25, 0.3) is 0 Å². The Balaban J connectivity index is 3.87. The van der Waals surface area contributed by atoms with Gasteiger partial charge in [-0.3, -0.25) is 0 Å². The zero-order valence-electron chi connectivity index (χ0n) is 14.5. The zero-order chi connectivity index (χ0) is 16.5. The second-order valence-corrected chi connectivity index (χ2v) is 7.11. The number of unbranched alkanes of at least 4 members (excludes halogenated alkanes) is 1. The van der Waals surface area contributed by atoms with Crippen molar-refractivity contribution in [1.82, 2.24) is 0 Å². The van der Waals surface area contributed by atoms with Crippen molar-refractivity contribution in [3.63, 3.8) is 0 Å². The number of hydrogen-bond acceptors (Lipinski definition) is 3. The quantitative estimate of drug-likeness (QED) is 0.268. The number of carbonyl (C=O) groups excluding carboxylic acids is 1. The van der Waals surface area contributed by atoms with Crippen molar-refractivity contribution in [3.05, 3.63) is 12.2 Å². The number of aliphatic hydroxyl groups is 1. The van der Waals surface area contributed by atoms with Crippen LogP contribution in [-0.2, 0) is 9.53 Å². The first-order valence-corrected chi connectivity index (χ1v) is 7.67. The number of likely N-dealkylation sites (N-methyl/N-ethyl adjacent to an activating group) is 2. The molecule has 0 spiro atoms. The van der Waals surface area contributed by atoms with E-state index in [1.165, 1.54) is 0 Å². The minimum atomic E-state index is -0.307. The van der Waals surface area contributed by atoms with Crippen molar-refractivity contribution >= 4 is 5.97 Å². The van der Waals surface area contributed by atoms with Crippen molar-refractivity contribution in [2.24, 2.45) is 0 Å². The van der Waals surface area contributed by atoms with Crippen LogP contribution in [0.25, 0.3) is 0 Å². The highest BCUT2D eigenvalue weighted by atomic mass is 16.5. The van der Waals surface area contributed by atoms with Crippen LogP contribution < -0.4 is 0 Å². The van der Waals surface area contributed by atoms with Crippen molar-refractivity contribution in [2.45, 2.75) is 19.8 Å². The van der Waals surface area contributed by atoms with Crippen LogP contribution >= 0.6 is 0 Å². The molecule has 21 heavy (non-hydrogen) atoms. The van der Waals surface area contributed by atoms with Crippen LogP contribution in [-0.4, -0.2) is 87.6 Å². The van der Waals surface area contributed by atoms with E-state index in [1.807, 2.05) is 0 Å². The molecule has 0 unspecified atom stereocenters. The smallest absolute Gasteiger partial charge is 0.333 e. The lowest BCUT2D eigenvalue weighted by Gasteiger charge is -2.31. The van der Waals surface area contributed by atoms with Gasteiger partial charge in [0.05, 0.1) is 47.9 Å². The highest BCUT2D eigenvalue weighted by Gasteiger charge is 2.18. The lowest BCUT2D eigenvalue weighted by Crippen LogP contribution is -2.45. The first-order chi connectivity index (χ1) is 9.59. The minimum absolute atomic E-state index is 0.239. The van der Waals surface area contributed by atoms with Gasteiger partial charge in [0, 0.05) is 18.4 Å². The summed E-state index contributed by atoms with van der Waals surface area (Å²) < 4.78 is 6.85. The molecule has 0 heterocycles. The number of quaternary nitrogens is 2. The molecule has 0 aliphatic carbocycles. The Morgan fingerprint density at radius 2 is 1.48 bits per heavy atom. The van der Waals surface area contributed by atoms with Gasteiger partial charge in [-0.25, -0.2) is 4.79 Å². The Bertz CT molecular complexity index is 338. The predicted molar refractivity (Wildman–Crippen MR) is 85.8 cm³/mol. The monoisotopic (exact) mass is 302 g/mol. The topological polar surface area (TPSA) is 46.5 Å². The van der Waals surface area contributed by atoms with E-state index >= 15 is 0 Å². The number of rotatable bonds is 11. The second kappa shape index (κ2) is 9.18. The summed E-state index contributed by atoms with van der Waals surface area (Å²) in [5, 5.41) is 9.00. The summed E-state index contributed by atoms with van der Waals surface area (Å²) in [4.78, 5) is 11.3. The molecule has 0 aromatic rings. The molecule has 5 heteroatoms. The summed E-state index contributed by atoms with van der Waals surface area (Å²) >= 11 is 0. The number of ether oxygens (including phenoxy) is 1. The number of nitrogens with zero attached hydrogens (tertiary/aromatic N) is 2. The van der Waals surface area contributed by atoms with Gasteiger partial charge in [0.15, 0.2) is 0 Å². The molecule has 0 fully saturated rings. The van der Waals surface area contributed by atoms with Crippen molar-refractivity contribution in [3.8, 4) is 0 Å². The maximum atomic E-state index is 11.3. The van der Waals surface area contributed by atoms with Gasteiger partial charge < -0.3 is 18.8 Å². The lowest BCUT2D eigenvalue weighted by molar-refractivity contribution is -0.897. The largest absolute Gasteiger partial charge is 0.456 e. The molecule has 0 saturated carbocycles. The third-order valence-electron chi connectivity index (χ3n) is 3.76. The molecule has 0 aliphatic rings. The zero-order valence-corrected chi connectivity index (χ0v) is 14.5. The van der Waals surface area contributed by atoms with E-state index in [2.05, 4.69) is 34.8 Å². The third kappa shape index (κ3) is 10.5. The average molecular weight is 302 g/mol. The number of esters is 1. The summed E-state index contributed by atoms with van der Waals surface area (Å²) in [5.41, 5.74) is 0.448. The maximum absolute atomic E-state index is 11.3. The molecule has 1 N–H and O–H groups in total. The molecule has 0 aromatic carbocycles. The van der Waals surface area contributed by atoms with Crippen LogP contribution in [0.4, 0.5) is 0 Å². The van der Waals surface area contributed by atoms with Gasteiger partial charge in [-0.05, 0) is 6.92 Å². The fourth-order valence-corrected chi connectivity index (χ4v) is 2.08. The van der Waals surface area contributed by atoms with Crippen LogP contribution in [0.1, 0.15) is 19.8 Å². The van der Waals surface area contributed by atoms with Crippen LogP contribution in [0.5, 0.6) is 0 Å². The fraction of sp³-hybridized carbons (Fsp3) is 0.812. The summed E-state index contributed by atoms with van der Waals surface area (Å²) in [7, 11) is 8.60. The molecule has 0 aliphatic heterocycles. The molecule has 0 amide bonds. The van der Waals surface area contributed by atoms with Gasteiger partial charge in [-0.2, -0.15) is 0 Å². The standard InChI is InChI=1S/C16H34N2O3/c1-15(2)16(20)21-14-12-18(5,6)10-8-7-9-17(3,4)11-13-19/h19H,1,7-14H2,2-6H3/q+2. The molecule has 124 valence electrons. The lowest BCUT2D eigenvalue weighted by atomic mass is 10.2. The summed E-state index contributed by atoms with van der Waals surface area (Å²) in [5.74, 6) is -0.307.